The largest absolute Gasteiger partial charge is 0.467 e. The average Bonchev–Trinajstić information content (AvgIpc) is 3.63. The van der Waals surface area contributed by atoms with E-state index in [2.05, 4.69) is 27.7 Å². The van der Waals surface area contributed by atoms with Gasteiger partial charge in [0, 0.05) is 22.9 Å². The molecule has 3 heterocycles. The van der Waals surface area contributed by atoms with E-state index in [9.17, 15) is 4.79 Å². The maximum Gasteiger partial charge on any atom is 0.251 e. The standard InChI is InChI=1S/C30H25N5O3/c31-29-26-25(19-11-13-23(14-12-19)38-22-8-2-1-3-9-22)18-32-27(28(26)34-35-29)20-6-4-7-21(16-20)30(36)33-17-24-10-5-15-37-24/h2,4-16,18H,1,3,17H2,(H,33,36)(H3,31,34,35). The molecule has 0 radical (unpaired) electrons. The molecule has 0 aliphatic heterocycles. The Labute approximate surface area is 218 Å². The van der Waals surface area contributed by atoms with Crippen LogP contribution in [0, 0.1) is 0 Å². The van der Waals surface area contributed by atoms with Crippen LogP contribution in [-0.4, -0.2) is 21.1 Å². The molecule has 0 fully saturated rings. The number of furan rings is 1. The van der Waals surface area contributed by atoms with Crippen molar-refractivity contribution < 1.29 is 13.9 Å². The molecular weight excluding hydrogens is 478 g/mol. The first kappa shape index (κ1) is 23.3. The molecule has 6 rings (SSSR count). The van der Waals surface area contributed by atoms with Gasteiger partial charge in [0.15, 0.2) is 5.82 Å². The minimum absolute atomic E-state index is 0.206. The van der Waals surface area contributed by atoms with Gasteiger partial charge in [0.2, 0.25) is 0 Å². The summed E-state index contributed by atoms with van der Waals surface area (Å²) in [5.41, 5.74) is 10.7. The van der Waals surface area contributed by atoms with Crippen molar-refractivity contribution >= 4 is 22.6 Å². The fourth-order valence-corrected chi connectivity index (χ4v) is 4.49. The molecule has 0 unspecified atom stereocenters. The molecule has 4 N–H and O–H groups in total. The van der Waals surface area contributed by atoms with Crippen molar-refractivity contribution in [3.8, 4) is 28.1 Å². The summed E-state index contributed by atoms with van der Waals surface area (Å²) in [5, 5.41) is 10.9. The lowest BCUT2D eigenvalue weighted by Gasteiger charge is -2.11. The Kier molecular flexibility index (Phi) is 6.19. The maximum atomic E-state index is 12.8. The number of H-pyrrole nitrogens is 1. The van der Waals surface area contributed by atoms with Crippen LogP contribution in [0.5, 0.6) is 5.75 Å². The topological polar surface area (TPSA) is 119 Å². The van der Waals surface area contributed by atoms with Crippen molar-refractivity contribution in [2.24, 2.45) is 0 Å². The van der Waals surface area contributed by atoms with Crippen LogP contribution in [0.2, 0.25) is 0 Å². The Balaban J connectivity index is 1.29. The van der Waals surface area contributed by atoms with E-state index in [-0.39, 0.29) is 5.91 Å². The SMILES string of the molecule is Nc1n[nH]c2c(-c3cccc(C(=O)NCc4ccco4)c3)ncc(-c3ccc(OC4=CCCC=C4)cc3)c12. The molecule has 1 aliphatic carbocycles. The zero-order valence-corrected chi connectivity index (χ0v) is 20.5. The van der Waals surface area contributed by atoms with E-state index in [1.165, 1.54) is 0 Å². The maximum absolute atomic E-state index is 12.8. The van der Waals surface area contributed by atoms with Crippen LogP contribution in [0.4, 0.5) is 5.82 Å². The average molecular weight is 504 g/mol. The number of amides is 1. The number of carbonyl (C=O) groups is 1. The molecule has 0 atom stereocenters. The number of nitrogen functional groups attached to an aromatic ring is 1. The number of aromatic nitrogens is 3. The first-order chi connectivity index (χ1) is 18.7. The van der Waals surface area contributed by atoms with Crippen LogP contribution >= 0.6 is 0 Å². The van der Waals surface area contributed by atoms with E-state index in [4.69, 9.17) is 19.9 Å². The number of hydrogen-bond donors (Lipinski definition) is 3. The molecule has 2 aromatic carbocycles. The summed E-state index contributed by atoms with van der Waals surface area (Å²) in [4.78, 5) is 17.5. The molecule has 1 aliphatic rings. The predicted molar refractivity (Wildman–Crippen MR) is 146 cm³/mol. The highest BCUT2D eigenvalue weighted by Gasteiger charge is 2.17. The zero-order chi connectivity index (χ0) is 25.9. The van der Waals surface area contributed by atoms with E-state index in [1.807, 2.05) is 48.5 Å². The summed E-state index contributed by atoms with van der Waals surface area (Å²) in [5.74, 6) is 2.47. The summed E-state index contributed by atoms with van der Waals surface area (Å²) < 4.78 is 11.3. The zero-order valence-electron chi connectivity index (χ0n) is 20.5. The number of nitrogens with zero attached hydrogens (tertiary/aromatic N) is 2. The third kappa shape index (κ3) is 4.67. The van der Waals surface area contributed by atoms with Crippen LogP contribution in [0.15, 0.2) is 102 Å². The van der Waals surface area contributed by atoms with E-state index in [0.717, 1.165) is 46.4 Å². The van der Waals surface area contributed by atoms with Crippen molar-refractivity contribution in [3.05, 3.63) is 108 Å². The number of nitrogens with two attached hydrogens (primary N) is 1. The Morgan fingerprint density at radius 3 is 2.76 bits per heavy atom. The molecule has 5 aromatic rings. The fraction of sp³-hybridized carbons (Fsp3) is 0.100. The van der Waals surface area contributed by atoms with Gasteiger partial charge in [0.1, 0.15) is 17.3 Å². The quantitative estimate of drug-likeness (QED) is 0.250. The molecule has 8 heteroatoms. The first-order valence-corrected chi connectivity index (χ1v) is 12.3. The predicted octanol–water partition coefficient (Wildman–Crippen LogP) is 6.01. The number of hydrogen-bond acceptors (Lipinski definition) is 6. The van der Waals surface area contributed by atoms with Gasteiger partial charge < -0.3 is 20.2 Å². The third-order valence-corrected chi connectivity index (χ3v) is 6.39. The number of ether oxygens (including phenoxy) is 1. The van der Waals surface area contributed by atoms with Gasteiger partial charge in [-0.25, -0.2) is 0 Å². The minimum atomic E-state index is -0.206. The second-order valence-corrected chi connectivity index (χ2v) is 8.93. The number of aromatic amines is 1. The van der Waals surface area contributed by atoms with Gasteiger partial charge in [0.05, 0.1) is 29.4 Å². The highest BCUT2D eigenvalue weighted by Crippen LogP contribution is 2.36. The van der Waals surface area contributed by atoms with Crippen molar-refractivity contribution in [3.63, 3.8) is 0 Å². The van der Waals surface area contributed by atoms with Gasteiger partial charge >= 0.3 is 0 Å². The molecule has 8 nitrogen and oxygen atoms in total. The van der Waals surface area contributed by atoms with Crippen molar-refractivity contribution in [1.82, 2.24) is 20.5 Å². The Morgan fingerprint density at radius 2 is 1.97 bits per heavy atom. The number of fused-ring (bicyclic) bond motifs is 1. The highest BCUT2D eigenvalue weighted by molar-refractivity contribution is 6.07. The molecule has 0 saturated heterocycles. The summed E-state index contributed by atoms with van der Waals surface area (Å²) >= 11 is 0. The lowest BCUT2D eigenvalue weighted by Crippen LogP contribution is -2.22. The highest BCUT2D eigenvalue weighted by atomic mass is 16.5. The third-order valence-electron chi connectivity index (χ3n) is 6.39. The lowest BCUT2D eigenvalue weighted by atomic mass is 10.00. The molecule has 0 spiro atoms. The first-order valence-electron chi connectivity index (χ1n) is 12.3. The smallest absolute Gasteiger partial charge is 0.251 e. The van der Waals surface area contributed by atoms with Crippen molar-refractivity contribution in [2.45, 2.75) is 19.4 Å². The normalized spacial score (nSPS) is 12.9. The van der Waals surface area contributed by atoms with Crippen LogP contribution in [-0.2, 0) is 6.54 Å². The van der Waals surface area contributed by atoms with E-state index < -0.39 is 0 Å². The molecule has 1 amide bonds. The summed E-state index contributed by atoms with van der Waals surface area (Å²) in [6.07, 6.45) is 11.6. The number of anilines is 1. The van der Waals surface area contributed by atoms with Crippen LogP contribution in [0.3, 0.4) is 0 Å². The molecule has 3 aromatic heterocycles. The molecule has 188 valence electrons. The van der Waals surface area contributed by atoms with Crippen molar-refractivity contribution in [2.75, 3.05) is 5.73 Å². The Bertz CT molecular complexity index is 1660. The molecule has 0 bridgehead atoms. The second kappa shape index (κ2) is 10.1. The fourth-order valence-electron chi connectivity index (χ4n) is 4.49. The molecular formula is C30H25N5O3. The number of nitrogens with one attached hydrogen (secondary N) is 2. The number of allylic oxidation sites excluding steroid dienone is 3. The second-order valence-electron chi connectivity index (χ2n) is 8.93. The van der Waals surface area contributed by atoms with Crippen LogP contribution in [0.25, 0.3) is 33.3 Å². The van der Waals surface area contributed by atoms with Gasteiger partial charge in [-0.3, -0.25) is 14.9 Å². The number of rotatable bonds is 7. The number of carbonyl (C=O) groups excluding carboxylic acids is 1. The summed E-state index contributed by atoms with van der Waals surface area (Å²) in [7, 11) is 0. The molecule has 0 saturated carbocycles. The van der Waals surface area contributed by atoms with E-state index in [1.54, 1.807) is 30.7 Å². The lowest BCUT2D eigenvalue weighted by molar-refractivity contribution is 0.0948. The van der Waals surface area contributed by atoms with Crippen molar-refractivity contribution in [1.29, 1.82) is 0 Å². The van der Waals surface area contributed by atoms with Gasteiger partial charge in [-0.2, -0.15) is 5.10 Å². The molecule has 38 heavy (non-hydrogen) atoms. The van der Waals surface area contributed by atoms with Gasteiger partial charge in [-0.1, -0.05) is 30.3 Å². The summed E-state index contributed by atoms with van der Waals surface area (Å²) in [6, 6.07) is 18.7. The van der Waals surface area contributed by atoms with E-state index >= 15 is 0 Å². The monoisotopic (exact) mass is 503 g/mol. The van der Waals surface area contributed by atoms with Gasteiger partial charge in [-0.15, -0.1) is 0 Å². The minimum Gasteiger partial charge on any atom is -0.467 e. The number of benzene rings is 2. The van der Waals surface area contributed by atoms with E-state index in [0.29, 0.717) is 34.9 Å². The number of pyridine rings is 1. The van der Waals surface area contributed by atoms with Gasteiger partial charge in [0.25, 0.3) is 5.91 Å². The van der Waals surface area contributed by atoms with Crippen LogP contribution in [0.1, 0.15) is 29.0 Å². The Hall–Kier alpha value is -5.11. The summed E-state index contributed by atoms with van der Waals surface area (Å²) in [6.45, 7) is 0.308. The van der Waals surface area contributed by atoms with Crippen LogP contribution < -0.4 is 15.8 Å². The Morgan fingerprint density at radius 1 is 1.08 bits per heavy atom. The van der Waals surface area contributed by atoms with Gasteiger partial charge in [-0.05, 0) is 67.0 Å².